The molecule has 1 aliphatic rings. The van der Waals surface area contributed by atoms with Crippen molar-refractivity contribution < 1.29 is 41.1 Å². The van der Waals surface area contributed by atoms with Crippen LogP contribution in [-0.4, -0.2) is 24.2 Å². The van der Waals surface area contributed by atoms with E-state index in [0.717, 1.165) is 0 Å². The second-order valence-corrected chi connectivity index (χ2v) is 3.94. The molecule has 1 fully saturated rings. The Kier molecular flexibility index (Phi) is 2.00. The van der Waals surface area contributed by atoms with Crippen LogP contribution in [0, 0.1) is 0 Å². The Hall–Kier alpha value is -1.63. The average molecular weight is 230 g/mol. The number of aldehydes is 1. The molecule has 0 aromatic heterocycles. The quantitative estimate of drug-likeness (QED) is 0.371. The Balaban J connectivity index is 2.92. The Morgan fingerprint density at radius 2 is 1.71 bits per heavy atom. The molecule has 7 nitrogen and oxygen atoms in total. The summed E-state index contributed by atoms with van der Waals surface area (Å²) >= 11 is 0. The zero-order valence-electron chi connectivity index (χ0n) is 6.14. The van der Waals surface area contributed by atoms with Crippen molar-refractivity contribution in [2.45, 2.75) is 0 Å². The SMILES string of the molecule is O=CC(=O)OP1(F)(F)OC(=O)C(=O)O1. The van der Waals surface area contributed by atoms with Crippen LogP contribution in [-0.2, 0) is 32.7 Å². The van der Waals surface area contributed by atoms with E-state index in [0.29, 0.717) is 0 Å². The summed E-state index contributed by atoms with van der Waals surface area (Å²) in [6.07, 6.45) is -0.590. The van der Waals surface area contributed by atoms with Gasteiger partial charge in [0, 0.05) is 0 Å². The topological polar surface area (TPSA) is 96.0 Å². The summed E-state index contributed by atoms with van der Waals surface area (Å²) in [4.78, 5) is 40.3. The van der Waals surface area contributed by atoms with Crippen molar-refractivity contribution in [3.8, 4) is 0 Å². The minimum absolute atomic E-state index is 0.590. The van der Waals surface area contributed by atoms with Crippen molar-refractivity contribution in [1.29, 1.82) is 0 Å². The standard InChI is InChI=1S/C4HF2O7P/c5-14(6,11-2(8)1-7)12-3(9)4(10)13-14/h1H. The van der Waals surface area contributed by atoms with Crippen molar-refractivity contribution in [3.05, 3.63) is 0 Å². The summed E-state index contributed by atoms with van der Waals surface area (Å²) in [6.45, 7) is 0. The molecule has 14 heavy (non-hydrogen) atoms. The first-order valence-corrected chi connectivity index (χ1v) is 4.66. The predicted molar refractivity (Wildman–Crippen MR) is 33.5 cm³/mol. The van der Waals surface area contributed by atoms with Gasteiger partial charge in [-0.25, -0.2) is 0 Å². The Morgan fingerprint density at radius 1 is 1.29 bits per heavy atom. The maximum absolute atomic E-state index is 12.9. The third-order valence-corrected chi connectivity index (χ3v) is 2.32. The van der Waals surface area contributed by atoms with E-state index in [-0.39, 0.29) is 0 Å². The van der Waals surface area contributed by atoms with Gasteiger partial charge in [-0.2, -0.15) is 0 Å². The zero-order valence-corrected chi connectivity index (χ0v) is 7.03. The van der Waals surface area contributed by atoms with E-state index in [1.54, 1.807) is 0 Å². The molecule has 0 atom stereocenters. The number of hydrogen-bond donors (Lipinski definition) is 0. The minimum atomic E-state index is -7.05. The van der Waals surface area contributed by atoms with Crippen molar-refractivity contribution in [2.24, 2.45) is 0 Å². The van der Waals surface area contributed by atoms with E-state index in [9.17, 15) is 27.6 Å². The van der Waals surface area contributed by atoms with Crippen molar-refractivity contribution >= 4 is 32.1 Å². The number of halogens is 2. The van der Waals surface area contributed by atoms with Crippen LogP contribution in [0.1, 0.15) is 0 Å². The maximum atomic E-state index is 12.9. The number of hydrogen-bond acceptors (Lipinski definition) is 7. The van der Waals surface area contributed by atoms with Crippen LogP contribution in [0.2, 0.25) is 0 Å². The summed E-state index contributed by atoms with van der Waals surface area (Å²) in [5.74, 6) is -5.96. The normalized spacial score (nSPS) is 25.1. The molecule has 0 N–H and O–H groups in total. The Bertz CT molecular complexity index is 330. The summed E-state index contributed by atoms with van der Waals surface area (Å²) in [6, 6.07) is 0. The summed E-state index contributed by atoms with van der Waals surface area (Å²) in [5, 5.41) is 0. The van der Waals surface area contributed by atoms with Gasteiger partial charge in [-0.3, -0.25) is 0 Å². The first-order chi connectivity index (χ1) is 6.25. The van der Waals surface area contributed by atoms with Crippen LogP contribution in [0.25, 0.3) is 0 Å². The summed E-state index contributed by atoms with van der Waals surface area (Å²) < 4.78 is 35.4. The van der Waals surface area contributed by atoms with E-state index in [1.807, 2.05) is 0 Å². The molecular weight excluding hydrogens is 229 g/mol. The van der Waals surface area contributed by atoms with Gasteiger partial charge in [0.1, 0.15) is 0 Å². The predicted octanol–water partition coefficient (Wildman–Crippen LogP) is -0.104. The molecular formula is C4HF2O7P. The molecule has 1 aliphatic heterocycles. The third-order valence-electron chi connectivity index (χ3n) is 0.949. The van der Waals surface area contributed by atoms with Crippen molar-refractivity contribution in [1.82, 2.24) is 0 Å². The second-order valence-electron chi connectivity index (χ2n) is 1.99. The molecule has 78 valence electrons. The van der Waals surface area contributed by atoms with Crippen molar-refractivity contribution in [2.75, 3.05) is 0 Å². The molecule has 10 heteroatoms. The molecule has 1 heterocycles. The molecule has 1 rings (SSSR count). The molecule has 1 saturated heterocycles. The number of rotatable bonds is 2. The van der Waals surface area contributed by atoms with Gasteiger partial charge in [0.2, 0.25) is 0 Å². The molecule has 0 spiro atoms. The summed E-state index contributed by atoms with van der Waals surface area (Å²) in [7, 11) is -7.05. The fourth-order valence-electron chi connectivity index (χ4n) is 0.554. The van der Waals surface area contributed by atoms with Gasteiger partial charge < -0.3 is 0 Å². The third kappa shape index (κ3) is 1.82. The van der Waals surface area contributed by atoms with Gasteiger partial charge in [-0.1, -0.05) is 0 Å². The zero-order chi connectivity index (χ0) is 11.0. The molecule has 0 saturated carbocycles. The van der Waals surface area contributed by atoms with E-state index >= 15 is 0 Å². The van der Waals surface area contributed by atoms with Gasteiger partial charge in [0.05, 0.1) is 0 Å². The number of carbonyl (C=O) groups excluding carboxylic acids is 4. The molecule has 0 aromatic carbocycles. The van der Waals surface area contributed by atoms with Crippen LogP contribution in [0.4, 0.5) is 8.39 Å². The van der Waals surface area contributed by atoms with Crippen molar-refractivity contribution in [3.63, 3.8) is 0 Å². The van der Waals surface area contributed by atoms with E-state index in [1.165, 1.54) is 0 Å². The molecule has 0 amide bonds. The van der Waals surface area contributed by atoms with E-state index in [2.05, 4.69) is 13.6 Å². The van der Waals surface area contributed by atoms with Gasteiger partial charge in [0.15, 0.2) is 0 Å². The van der Waals surface area contributed by atoms with Gasteiger partial charge in [-0.05, 0) is 0 Å². The molecule has 0 aromatic rings. The van der Waals surface area contributed by atoms with Crippen LogP contribution in [0.15, 0.2) is 0 Å². The first kappa shape index (κ1) is 10.5. The van der Waals surface area contributed by atoms with Gasteiger partial charge >= 0.3 is 73.2 Å². The summed E-state index contributed by atoms with van der Waals surface area (Å²) in [5.41, 5.74) is 0. The van der Waals surface area contributed by atoms with E-state index in [4.69, 9.17) is 0 Å². The Morgan fingerprint density at radius 3 is 2.07 bits per heavy atom. The van der Waals surface area contributed by atoms with Gasteiger partial charge in [-0.15, -0.1) is 0 Å². The van der Waals surface area contributed by atoms with Crippen LogP contribution >= 0.6 is 7.91 Å². The van der Waals surface area contributed by atoms with Crippen LogP contribution < -0.4 is 0 Å². The first-order valence-electron chi connectivity index (χ1n) is 2.88. The fraction of sp³-hybridized carbons (Fsp3) is 0. The van der Waals surface area contributed by atoms with Crippen LogP contribution in [0.5, 0.6) is 0 Å². The van der Waals surface area contributed by atoms with Gasteiger partial charge in [0.25, 0.3) is 0 Å². The van der Waals surface area contributed by atoms with Crippen LogP contribution in [0.3, 0.4) is 0 Å². The Labute approximate surface area is 74.3 Å². The molecule has 0 unspecified atom stereocenters. The molecule has 0 aliphatic carbocycles. The monoisotopic (exact) mass is 230 g/mol. The fourth-order valence-corrected chi connectivity index (χ4v) is 1.66. The second kappa shape index (κ2) is 2.68. The molecule has 0 radical (unpaired) electrons. The molecule has 0 bridgehead atoms. The average Bonchev–Trinajstić information content (AvgIpc) is 2.21. The number of carbonyl (C=O) groups is 4. The van der Waals surface area contributed by atoms with E-state index < -0.39 is 32.1 Å².